The SMILES string of the molecule is CC(=O)c1cccc(S(=O)(=O)Nc2ccc(-n3cnc4ccccc43)cc2)c1. The first-order valence-electron chi connectivity index (χ1n) is 8.60. The third kappa shape index (κ3) is 3.39. The first-order chi connectivity index (χ1) is 13.4. The van der Waals surface area contributed by atoms with E-state index in [2.05, 4.69) is 9.71 Å². The third-order valence-electron chi connectivity index (χ3n) is 4.40. The molecule has 4 rings (SSSR count). The molecule has 1 heterocycles. The lowest BCUT2D eigenvalue weighted by molar-refractivity contribution is 0.101. The van der Waals surface area contributed by atoms with E-state index in [0.29, 0.717) is 11.3 Å². The highest BCUT2D eigenvalue weighted by Gasteiger charge is 2.15. The van der Waals surface area contributed by atoms with Crippen molar-refractivity contribution in [2.75, 3.05) is 4.72 Å². The van der Waals surface area contributed by atoms with Crippen LogP contribution in [-0.2, 0) is 10.0 Å². The van der Waals surface area contributed by atoms with Crippen molar-refractivity contribution in [1.82, 2.24) is 9.55 Å². The summed E-state index contributed by atoms with van der Waals surface area (Å²) in [5, 5.41) is 0. The maximum absolute atomic E-state index is 12.6. The number of benzene rings is 3. The van der Waals surface area contributed by atoms with Gasteiger partial charge in [-0.25, -0.2) is 13.4 Å². The van der Waals surface area contributed by atoms with Gasteiger partial charge in [0.05, 0.1) is 15.9 Å². The molecule has 1 aromatic heterocycles. The van der Waals surface area contributed by atoms with Gasteiger partial charge >= 0.3 is 0 Å². The Morgan fingerprint density at radius 2 is 1.71 bits per heavy atom. The Bertz CT molecular complexity index is 1280. The fourth-order valence-electron chi connectivity index (χ4n) is 2.95. The first-order valence-corrected chi connectivity index (χ1v) is 10.1. The van der Waals surface area contributed by atoms with Gasteiger partial charge in [-0.1, -0.05) is 24.3 Å². The fraction of sp³-hybridized carbons (Fsp3) is 0.0476. The number of carbonyl (C=O) groups excluding carboxylic acids is 1. The molecule has 4 aromatic rings. The molecule has 0 aliphatic rings. The summed E-state index contributed by atoms with van der Waals surface area (Å²) in [6.07, 6.45) is 1.73. The van der Waals surface area contributed by atoms with E-state index in [0.717, 1.165) is 16.7 Å². The number of hydrogen-bond acceptors (Lipinski definition) is 4. The minimum Gasteiger partial charge on any atom is -0.299 e. The van der Waals surface area contributed by atoms with E-state index in [1.165, 1.54) is 19.1 Å². The van der Waals surface area contributed by atoms with Crippen LogP contribution in [0.4, 0.5) is 5.69 Å². The standard InChI is InChI=1S/C21H17N3O3S/c1-15(25)16-5-4-6-19(13-16)28(26,27)23-17-9-11-18(12-10-17)24-14-22-20-7-2-3-8-21(20)24/h2-14,23H,1H3. The zero-order valence-electron chi connectivity index (χ0n) is 15.0. The van der Waals surface area contributed by atoms with Gasteiger partial charge < -0.3 is 0 Å². The molecule has 7 heteroatoms. The molecular weight excluding hydrogens is 374 g/mol. The number of imidazole rings is 1. The van der Waals surface area contributed by atoms with Crippen LogP contribution >= 0.6 is 0 Å². The highest BCUT2D eigenvalue weighted by atomic mass is 32.2. The molecule has 0 amide bonds. The van der Waals surface area contributed by atoms with Crippen molar-refractivity contribution in [1.29, 1.82) is 0 Å². The van der Waals surface area contributed by atoms with Crippen molar-refractivity contribution >= 4 is 32.5 Å². The number of Topliss-reactive ketones (excluding diaryl/α,β-unsaturated/α-hetero) is 1. The summed E-state index contributed by atoms with van der Waals surface area (Å²) in [5.74, 6) is -0.186. The predicted molar refractivity (Wildman–Crippen MR) is 108 cm³/mol. The van der Waals surface area contributed by atoms with Crippen LogP contribution in [0.25, 0.3) is 16.7 Å². The zero-order valence-corrected chi connectivity index (χ0v) is 15.8. The maximum atomic E-state index is 12.6. The monoisotopic (exact) mass is 391 g/mol. The molecule has 0 aliphatic heterocycles. The van der Waals surface area contributed by atoms with E-state index in [4.69, 9.17) is 0 Å². The Balaban J connectivity index is 1.61. The molecule has 140 valence electrons. The number of nitrogens with zero attached hydrogens (tertiary/aromatic N) is 2. The van der Waals surface area contributed by atoms with Crippen LogP contribution in [0.15, 0.2) is 84.0 Å². The summed E-state index contributed by atoms with van der Waals surface area (Å²) < 4.78 is 29.7. The number of anilines is 1. The second-order valence-corrected chi connectivity index (χ2v) is 8.02. The van der Waals surface area contributed by atoms with Gasteiger partial charge in [0.1, 0.15) is 6.33 Å². The van der Waals surface area contributed by atoms with Crippen LogP contribution in [-0.4, -0.2) is 23.8 Å². The summed E-state index contributed by atoms with van der Waals surface area (Å²) in [6.45, 7) is 1.40. The van der Waals surface area contributed by atoms with Crippen LogP contribution in [0.1, 0.15) is 17.3 Å². The second-order valence-electron chi connectivity index (χ2n) is 6.34. The first kappa shape index (κ1) is 17.9. The van der Waals surface area contributed by atoms with Gasteiger partial charge in [-0.2, -0.15) is 0 Å². The second kappa shape index (κ2) is 6.94. The van der Waals surface area contributed by atoms with E-state index >= 15 is 0 Å². The number of para-hydroxylation sites is 2. The van der Waals surface area contributed by atoms with Crippen LogP contribution in [0, 0.1) is 0 Å². The number of aromatic nitrogens is 2. The van der Waals surface area contributed by atoms with Crippen molar-refractivity contribution in [2.24, 2.45) is 0 Å². The molecule has 1 N–H and O–H groups in total. The van der Waals surface area contributed by atoms with Crippen LogP contribution < -0.4 is 4.72 Å². The maximum Gasteiger partial charge on any atom is 0.261 e. The van der Waals surface area contributed by atoms with E-state index < -0.39 is 10.0 Å². The molecule has 0 fully saturated rings. The van der Waals surface area contributed by atoms with Crippen LogP contribution in [0.3, 0.4) is 0 Å². The van der Waals surface area contributed by atoms with Crippen molar-refractivity contribution in [3.8, 4) is 5.69 Å². The average molecular weight is 391 g/mol. The number of sulfonamides is 1. The van der Waals surface area contributed by atoms with Gasteiger partial charge in [0.15, 0.2) is 5.78 Å². The largest absolute Gasteiger partial charge is 0.299 e. The Hall–Kier alpha value is -3.45. The Morgan fingerprint density at radius 3 is 2.46 bits per heavy atom. The number of hydrogen-bond donors (Lipinski definition) is 1. The lowest BCUT2D eigenvalue weighted by Crippen LogP contribution is -2.13. The molecule has 0 saturated carbocycles. The molecule has 3 aromatic carbocycles. The molecule has 0 unspecified atom stereocenters. The summed E-state index contributed by atoms with van der Waals surface area (Å²) in [7, 11) is -3.79. The van der Waals surface area contributed by atoms with Crippen LogP contribution in [0.2, 0.25) is 0 Å². The molecule has 6 nitrogen and oxygen atoms in total. The van der Waals surface area contributed by atoms with Gasteiger partial charge in [-0.15, -0.1) is 0 Å². The average Bonchev–Trinajstić information content (AvgIpc) is 3.12. The molecular formula is C21H17N3O3S. The smallest absolute Gasteiger partial charge is 0.261 e. The normalized spacial score (nSPS) is 11.5. The van der Waals surface area contributed by atoms with Gasteiger partial charge in [0.2, 0.25) is 0 Å². The molecule has 0 saturated heterocycles. The summed E-state index contributed by atoms with van der Waals surface area (Å²) in [5.41, 5.74) is 3.51. The third-order valence-corrected chi connectivity index (χ3v) is 5.78. The highest BCUT2D eigenvalue weighted by Crippen LogP contribution is 2.22. The van der Waals surface area contributed by atoms with Gasteiger partial charge in [0, 0.05) is 16.9 Å². The Labute approximate surface area is 162 Å². The quantitative estimate of drug-likeness (QED) is 0.521. The molecule has 28 heavy (non-hydrogen) atoms. The number of nitrogens with one attached hydrogen (secondary N) is 1. The van der Waals surface area contributed by atoms with Crippen molar-refractivity contribution in [3.63, 3.8) is 0 Å². The van der Waals surface area contributed by atoms with E-state index in [9.17, 15) is 13.2 Å². The van der Waals surface area contributed by atoms with Crippen molar-refractivity contribution in [3.05, 3.63) is 84.7 Å². The lowest BCUT2D eigenvalue weighted by atomic mass is 10.2. The minimum atomic E-state index is -3.79. The van der Waals surface area contributed by atoms with Gasteiger partial charge in [-0.3, -0.25) is 14.1 Å². The molecule has 0 atom stereocenters. The Morgan fingerprint density at radius 1 is 0.964 bits per heavy atom. The fourth-order valence-corrected chi connectivity index (χ4v) is 4.06. The van der Waals surface area contributed by atoms with Gasteiger partial charge in [-0.05, 0) is 55.5 Å². The summed E-state index contributed by atoms with van der Waals surface area (Å²) >= 11 is 0. The molecule has 0 spiro atoms. The molecule has 0 aliphatic carbocycles. The Kier molecular flexibility index (Phi) is 4.44. The van der Waals surface area contributed by atoms with E-state index in [1.54, 1.807) is 30.6 Å². The van der Waals surface area contributed by atoms with Gasteiger partial charge in [0.25, 0.3) is 10.0 Å². The molecule has 0 radical (unpaired) electrons. The molecule has 0 bridgehead atoms. The van der Waals surface area contributed by atoms with Crippen molar-refractivity contribution < 1.29 is 13.2 Å². The summed E-state index contributed by atoms with van der Waals surface area (Å²) in [6, 6.07) is 20.8. The summed E-state index contributed by atoms with van der Waals surface area (Å²) in [4.78, 5) is 15.9. The predicted octanol–water partition coefficient (Wildman–Crippen LogP) is 4.03. The number of rotatable bonds is 5. The lowest BCUT2D eigenvalue weighted by Gasteiger charge is -2.10. The number of fused-ring (bicyclic) bond motifs is 1. The van der Waals surface area contributed by atoms with Crippen molar-refractivity contribution in [2.45, 2.75) is 11.8 Å². The highest BCUT2D eigenvalue weighted by molar-refractivity contribution is 7.92. The van der Waals surface area contributed by atoms with Crippen LogP contribution in [0.5, 0.6) is 0 Å². The number of carbonyl (C=O) groups is 1. The van der Waals surface area contributed by atoms with E-state index in [-0.39, 0.29) is 10.7 Å². The topological polar surface area (TPSA) is 81.1 Å². The van der Waals surface area contributed by atoms with E-state index in [1.807, 2.05) is 41.0 Å². The zero-order chi connectivity index (χ0) is 19.7. The minimum absolute atomic E-state index is 0.0462. The number of ketones is 1.